The molecule has 17 heavy (non-hydrogen) atoms. The summed E-state index contributed by atoms with van der Waals surface area (Å²) in [7, 11) is 0. The van der Waals surface area contributed by atoms with E-state index in [1.54, 1.807) is 18.2 Å². The zero-order valence-electron chi connectivity index (χ0n) is 9.45. The van der Waals surface area contributed by atoms with Gasteiger partial charge in [-0.15, -0.1) is 0 Å². The average Bonchev–Trinajstić information content (AvgIpc) is 2.80. The van der Waals surface area contributed by atoms with E-state index in [1.165, 1.54) is 6.07 Å². The second kappa shape index (κ2) is 4.78. The van der Waals surface area contributed by atoms with Gasteiger partial charge in [0.2, 0.25) is 6.08 Å². The van der Waals surface area contributed by atoms with E-state index in [2.05, 4.69) is 4.99 Å². The molecule has 0 radical (unpaired) electrons. The maximum absolute atomic E-state index is 13.3. The summed E-state index contributed by atoms with van der Waals surface area (Å²) in [5.74, 6) is -0.431. The first kappa shape index (κ1) is 12.0. The quantitative estimate of drug-likeness (QED) is 0.646. The first-order chi connectivity index (χ1) is 8.22. The fourth-order valence-electron chi connectivity index (χ4n) is 2.50. The van der Waals surface area contributed by atoms with Crippen molar-refractivity contribution in [3.8, 4) is 0 Å². The van der Waals surface area contributed by atoms with E-state index in [0.29, 0.717) is 0 Å². The van der Waals surface area contributed by atoms with Crippen molar-refractivity contribution in [3.63, 3.8) is 0 Å². The molecule has 4 heteroatoms. The van der Waals surface area contributed by atoms with Crippen molar-refractivity contribution in [2.45, 2.75) is 37.8 Å². The molecule has 0 aliphatic heterocycles. The maximum Gasteiger partial charge on any atom is 0.235 e. The van der Waals surface area contributed by atoms with E-state index >= 15 is 0 Å². The lowest BCUT2D eigenvalue weighted by Crippen LogP contribution is -2.19. The Hall–Kier alpha value is -1.51. The number of nitrogens with zero attached hydrogens (tertiary/aromatic N) is 1. The highest BCUT2D eigenvalue weighted by Crippen LogP contribution is 2.42. The van der Waals surface area contributed by atoms with Gasteiger partial charge in [0.15, 0.2) is 0 Å². The number of aliphatic hydroxyl groups excluding tert-OH is 1. The first-order valence-electron chi connectivity index (χ1n) is 5.71. The molecule has 3 nitrogen and oxygen atoms in total. The Labute approximate surface area is 99.0 Å². The minimum absolute atomic E-state index is 0.245. The topological polar surface area (TPSA) is 49.7 Å². The molecule has 1 aromatic carbocycles. The first-order valence-corrected chi connectivity index (χ1v) is 5.71. The summed E-state index contributed by atoms with van der Waals surface area (Å²) in [6.45, 7) is -0.347. The Morgan fingerprint density at radius 3 is 2.71 bits per heavy atom. The molecule has 1 aliphatic carbocycles. The minimum atomic E-state index is -0.556. The van der Waals surface area contributed by atoms with Crippen molar-refractivity contribution in [2.75, 3.05) is 0 Å². The van der Waals surface area contributed by atoms with Crippen LogP contribution in [0.2, 0.25) is 0 Å². The van der Waals surface area contributed by atoms with Crippen LogP contribution in [-0.4, -0.2) is 11.2 Å². The zero-order chi connectivity index (χ0) is 12.3. The van der Waals surface area contributed by atoms with E-state index in [0.717, 1.165) is 31.2 Å². The van der Waals surface area contributed by atoms with Gasteiger partial charge < -0.3 is 5.11 Å². The number of hydrogen-bond acceptors (Lipinski definition) is 3. The molecule has 90 valence electrons. The third kappa shape index (κ3) is 2.14. The molecule has 0 saturated heterocycles. The normalized spacial score (nSPS) is 17.8. The number of isocyanates is 1. The van der Waals surface area contributed by atoms with Gasteiger partial charge in [0.05, 0.1) is 12.1 Å². The van der Waals surface area contributed by atoms with Crippen molar-refractivity contribution in [3.05, 3.63) is 35.1 Å². The molecule has 1 aliphatic rings. The van der Waals surface area contributed by atoms with Gasteiger partial charge >= 0.3 is 0 Å². The van der Waals surface area contributed by atoms with Crippen LogP contribution < -0.4 is 0 Å². The number of hydrogen-bond donors (Lipinski definition) is 1. The second-order valence-corrected chi connectivity index (χ2v) is 4.41. The molecular weight excluding hydrogens is 221 g/mol. The standard InChI is InChI=1S/C13H14FNO2/c14-12-4-3-11(7-10(12)8-16)13(15-9-17)5-1-2-6-13/h3-4,7,16H,1-2,5-6,8H2. The van der Waals surface area contributed by atoms with Crippen LogP contribution in [-0.2, 0) is 16.9 Å². The predicted octanol–water partition coefficient (Wildman–Crippen LogP) is 2.42. The highest BCUT2D eigenvalue weighted by Gasteiger charge is 2.35. The van der Waals surface area contributed by atoms with Gasteiger partial charge in [0.1, 0.15) is 5.82 Å². The Morgan fingerprint density at radius 2 is 2.12 bits per heavy atom. The summed E-state index contributed by atoms with van der Waals surface area (Å²) in [4.78, 5) is 14.5. The Kier molecular flexibility index (Phi) is 3.36. The molecule has 0 bridgehead atoms. The lowest BCUT2D eigenvalue weighted by Gasteiger charge is -2.23. The van der Waals surface area contributed by atoms with Crippen LogP contribution in [0.25, 0.3) is 0 Å². The van der Waals surface area contributed by atoms with E-state index in [9.17, 15) is 9.18 Å². The lowest BCUT2D eigenvalue weighted by molar-refractivity contribution is 0.275. The van der Waals surface area contributed by atoms with Crippen LogP contribution in [0.15, 0.2) is 23.2 Å². The summed E-state index contributed by atoms with van der Waals surface area (Å²) >= 11 is 0. The summed E-state index contributed by atoms with van der Waals surface area (Å²) in [6.07, 6.45) is 5.17. The molecule has 0 heterocycles. The lowest BCUT2D eigenvalue weighted by atomic mass is 9.88. The summed E-state index contributed by atoms with van der Waals surface area (Å²) < 4.78 is 13.3. The maximum atomic E-state index is 13.3. The molecule has 0 atom stereocenters. The van der Waals surface area contributed by atoms with Gasteiger partial charge in [-0.3, -0.25) is 0 Å². The van der Waals surface area contributed by atoms with Gasteiger partial charge in [-0.1, -0.05) is 18.9 Å². The van der Waals surface area contributed by atoms with Crippen molar-refractivity contribution in [1.82, 2.24) is 0 Å². The van der Waals surface area contributed by atoms with Crippen LogP contribution >= 0.6 is 0 Å². The minimum Gasteiger partial charge on any atom is -0.392 e. The second-order valence-electron chi connectivity index (χ2n) is 4.41. The highest BCUT2D eigenvalue weighted by molar-refractivity contribution is 5.40. The number of aliphatic hydroxyl groups is 1. The smallest absolute Gasteiger partial charge is 0.235 e. The fourth-order valence-corrected chi connectivity index (χ4v) is 2.50. The Morgan fingerprint density at radius 1 is 1.41 bits per heavy atom. The van der Waals surface area contributed by atoms with Gasteiger partial charge in [0, 0.05) is 5.56 Å². The van der Waals surface area contributed by atoms with E-state index in [-0.39, 0.29) is 12.2 Å². The molecule has 1 saturated carbocycles. The number of aliphatic imine (C=N–C) groups is 1. The van der Waals surface area contributed by atoms with Crippen LogP contribution in [0.4, 0.5) is 4.39 Å². The summed E-state index contributed by atoms with van der Waals surface area (Å²) in [5.41, 5.74) is 0.484. The molecule has 2 rings (SSSR count). The number of rotatable bonds is 3. The van der Waals surface area contributed by atoms with Crippen molar-refractivity contribution < 1.29 is 14.3 Å². The van der Waals surface area contributed by atoms with E-state index in [4.69, 9.17) is 5.11 Å². The molecule has 0 unspecified atom stereocenters. The number of halogens is 1. The fraction of sp³-hybridized carbons (Fsp3) is 0.462. The largest absolute Gasteiger partial charge is 0.392 e. The van der Waals surface area contributed by atoms with Crippen molar-refractivity contribution in [1.29, 1.82) is 0 Å². The molecule has 0 spiro atoms. The Balaban J connectivity index is 2.46. The molecule has 0 amide bonds. The zero-order valence-corrected chi connectivity index (χ0v) is 9.45. The molecule has 1 N–H and O–H groups in total. The van der Waals surface area contributed by atoms with Crippen LogP contribution in [0.5, 0.6) is 0 Å². The van der Waals surface area contributed by atoms with Crippen molar-refractivity contribution >= 4 is 6.08 Å². The van der Waals surface area contributed by atoms with E-state index < -0.39 is 11.4 Å². The number of benzene rings is 1. The highest BCUT2D eigenvalue weighted by atomic mass is 19.1. The summed E-state index contributed by atoms with van der Waals surface area (Å²) in [5, 5.41) is 9.05. The van der Waals surface area contributed by atoms with Crippen molar-refractivity contribution in [2.24, 2.45) is 4.99 Å². The van der Waals surface area contributed by atoms with Gasteiger partial charge in [-0.2, -0.15) is 4.99 Å². The van der Waals surface area contributed by atoms with Gasteiger partial charge in [0.25, 0.3) is 0 Å². The van der Waals surface area contributed by atoms with Crippen LogP contribution in [0, 0.1) is 5.82 Å². The van der Waals surface area contributed by atoms with Crippen LogP contribution in [0.1, 0.15) is 36.8 Å². The Bertz CT molecular complexity index is 460. The molecule has 1 fully saturated rings. The van der Waals surface area contributed by atoms with Gasteiger partial charge in [-0.05, 0) is 30.5 Å². The third-order valence-electron chi connectivity index (χ3n) is 3.44. The van der Waals surface area contributed by atoms with Crippen LogP contribution in [0.3, 0.4) is 0 Å². The SMILES string of the molecule is O=C=NC1(c2ccc(F)c(CO)c2)CCCC1. The van der Waals surface area contributed by atoms with E-state index in [1.807, 2.05) is 0 Å². The molecule has 1 aromatic rings. The summed E-state index contributed by atoms with van der Waals surface area (Å²) in [6, 6.07) is 4.56. The third-order valence-corrected chi connectivity index (χ3v) is 3.44. The predicted molar refractivity (Wildman–Crippen MR) is 60.6 cm³/mol. The van der Waals surface area contributed by atoms with Gasteiger partial charge in [-0.25, -0.2) is 9.18 Å². The number of carbonyl (C=O) groups excluding carboxylic acids is 1. The average molecular weight is 235 g/mol. The molecule has 0 aromatic heterocycles. The monoisotopic (exact) mass is 235 g/mol. The molecular formula is C13H14FNO2.